The molecule has 0 saturated heterocycles. The van der Waals surface area contributed by atoms with E-state index in [-0.39, 0.29) is 0 Å². The number of nitrogens with zero attached hydrogens (tertiary/aromatic N) is 7. The minimum Gasteiger partial charge on any atom is -0.292 e. The van der Waals surface area contributed by atoms with E-state index < -0.39 is 0 Å². The maximum absolute atomic E-state index is 5.30. The van der Waals surface area contributed by atoms with Gasteiger partial charge in [0.15, 0.2) is 0 Å². The molecule has 7 nitrogen and oxygen atoms in total. The van der Waals surface area contributed by atoms with Gasteiger partial charge in [-0.2, -0.15) is 0 Å². The minimum absolute atomic E-state index is 0.589. The first-order valence-corrected chi connectivity index (χ1v) is 20.7. The number of rotatable bonds is 7. The van der Waals surface area contributed by atoms with Crippen LogP contribution < -0.4 is 0 Å². The quantitative estimate of drug-likeness (QED) is 0.161. The Balaban J connectivity index is 1.02. The van der Waals surface area contributed by atoms with E-state index in [0.717, 1.165) is 106 Å². The van der Waals surface area contributed by atoms with E-state index in [1.165, 1.54) is 0 Å². The van der Waals surface area contributed by atoms with Crippen molar-refractivity contribution in [3.63, 3.8) is 0 Å². The lowest BCUT2D eigenvalue weighted by Gasteiger charge is -2.13. The molecule has 0 bridgehead atoms. The van der Waals surface area contributed by atoms with Crippen LogP contribution in [0.5, 0.6) is 0 Å². The monoisotopic (exact) mass is 793 g/mol. The third-order valence-corrected chi connectivity index (χ3v) is 11.6. The average Bonchev–Trinajstić information content (AvgIpc) is 3.87. The highest BCUT2D eigenvalue weighted by atomic mass is 15.2. The molecule has 12 rings (SSSR count). The van der Waals surface area contributed by atoms with Crippen molar-refractivity contribution < 1.29 is 0 Å². The van der Waals surface area contributed by atoms with Crippen molar-refractivity contribution in [3.8, 4) is 67.8 Å². The molecule has 0 aliphatic rings. The van der Waals surface area contributed by atoms with Crippen molar-refractivity contribution in [1.82, 2.24) is 34.1 Å². The zero-order valence-corrected chi connectivity index (χ0v) is 33.3. The van der Waals surface area contributed by atoms with E-state index in [1.54, 1.807) is 0 Å². The van der Waals surface area contributed by atoms with Gasteiger partial charge in [-0.05, 0) is 89.0 Å². The van der Waals surface area contributed by atoms with Crippen LogP contribution in [-0.4, -0.2) is 34.1 Å². The predicted molar refractivity (Wildman–Crippen MR) is 251 cm³/mol. The molecule has 290 valence electrons. The van der Waals surface area contributed by atoms with Gasteiger partial charge in [0, 0.05) is 39.9 Å². The number of benzene rings is 6. The van der Waals surface area contributed by atoms with Gasteiger partial charge < -0.3 is 0 Å². The van der Waals surface area contributed by atoms with E-state index >= 15 is 0 Å². The van der Waals surface area contributed by atoms with Crippen LogP contribution in [0.2, 0.25) is 0 Å². The van der Waals surface area contributed by atoms with Crippen molar-refractivity contribution in [1.29, 1.82) is 0 Å². The smallest absolute Gasteiger partial charge is 0.235 e. The fraction of sp³-hybridized carbons (Fsp3) is 0. The number of hydrogen-bond acceptors (Lipinski definition) is 5. The fourth-order valence-corrected chi connectivity index (χ4v) is 8.72. The molecular weight excluding hydrogens is 759 g/mol. The second-order valence-corrected chi connectivity index (χ2v) is 15.4. The zero-order valence-electron chi connectivity index (χ0n) is 33.3. The Labute approximate surface area is 356 Å². The molecule has 0 unspecified atom stereocenters. The molecule has 6 heterocycles. The van der Waals surface area contributed by atoms with Crippen molar-refractivity contribution in [2.45, 2.75) is 0 Å². The largest absolute Gasteiger partial charge is 0.292 e. The first kappa shape index (κ1) is 35.4. The number of fused-ring (bicyclic) bond motifs is 6. The second-order valence-electron chi connectivity index (χ2n) is 15.4. The second kappa shape index (κ2) is 14.6. The van der Waals surface area contributed by atoms with E-state index in [0.29, 0.717) is 5.95 Å². The molecular formula is C55H35N7. The van der Waals surface area contributed by atoms with Gasteiger partial charge in [0.2, 0.25) is 5.95 Å². The highest BCUT2D eigenvalue weighted by molar-refractivity contribution is 6.10. The summed E-state index contributed by atoms with van der Waals surface area (Å²) in [4.78, 5) is 25.6. The van der Waals surface area contributed by atoms with Crippen molar-refractivity contribution >= 4 is 43.9 Å². The van der Waals surface area contributed by atoms with Crippen LogP contribution in [-0.2, 0) is 0 Å². The predicted octanol–water partition coefficient (Wildman–Crippen LogP) is 13.2. The van der Waals surface area contributed by atoms with Gasteiger partial charge in [-0.1, -0.05) is 133 Å². The number of hydrogen-bond donors (Lipinski definition) is 0. The molecule has 0 fully saturated rings. The summed E-state index contributed by atoms with van der Waals surface area (Å²) in [6.07, 6.45) is 3.72. The van der Waals surface area contributed by atoms with Crippen LogP contribution in [0, 0.1) is 0 Å². The van der Waals surface area contributed by atoms with Crippen molar-refractivity contribution in [2.24, 2.45) is 0 Å². The maximum Gasteiger partial charge on any atom is 0.235 e. The first-order chi connectivity index (χ1) is 30.7. The molecule has 0 aliphatic heterocycles. The first-order valence-electron chi connectivity index (χ1n) is 20.7. The molecule has 0 N–H and O–H groups in total. The molecule has 0 amide bonds. The zero-order chi connectivity index (χ0) is 41.0. The Hall–Kier alpha value is -8.55. The summed E-state index contributed by atoms with van der Waals surface area (Å²) in [5.41, 5.74) is 15.8. The highest BCUT2D eigenvalue weighted by Crippen LogP contribution is 2.38. The van der Waals surface area contributed by atoms with Gasteiger partial charge in [0.1, 0.15) is 5.82 Å². The van der Waals surface area contributed by atoms with Crippen LogP contribution in [0.3, 0.4) is 0 Å². The fourth-order valence-electron chi connectivity index (χ4n) is 8.72. The molecule has 6 aromatic carbocycles. The standard InChI is InChI=1S/C55H35N7/c1-5-15-36(16-6-1)42-33-45(37-17-7-2-8-18-37)58-52(34-42)61-48-27-25-40(31-43(48)53-50(61)23-13-29-56-53)41-26-28-49-44(32-41)54-51(24-14-30-57-54)62(49)55-59-46(38-19-9-3-10-20-38)35-47(60-55)39-21-11-4-12-22-39/h1-35H. The van der Waals surface area contributed by atoms with E-state index in [4.69, 9.17) is 24.9 Å². The summed E-state index contributed by atoms with van der Waals surface area (Å²) in [6.45, 7) is 0. The minimum atomic E-state index is 0.589. The molecule has 0 spiro atoms. The normalized spacial score (nSPS) is 11.5. The molecule has 6 aromatic heterocycles. The summed E-state index contributed by atoms with van der Waals surface area (Å²) >= 11 is 0. The SMILES string of the molecule is c1ccc(-c2cc(-c3ccccc3)nc(-n3c4ccc(-c5ccc6c(c5)c5ncccc5n6-c5nc(-c6ccccc6)cc(-c6ccccc6)n5)cc4c4ncccc43)c2)cc1. The lowest BCUT2D eigenvalue weighted by Crippen LogP contribution is -2.04. The summed E-state index contributed by atoms with van der Waals surface area (Å²) in [7, 11) is 0. The van der Waals surface area contributed by atoms with Gasteiger partial charge in [-0.3, -0.25) is 19.1 Å². The Morgan fingerprint density at radius 1 is 0.290 bits per heavy atom. The average molecular weight is 794 g/mol. The van der Waals surface area contributed by atoms with Crippen LogP contribution in [0.4, 0.5) is 0 Å². The Bertz CT molecular complexity index is 3260. The summed E-state index contributed by atoms with van der Waals surface area (Å²) < 4.78 is 4.38. The van der Waals surface area contributed by atoms with Gasteiger partial charge in [0.05, 0.1) is 50.2 Å². The van der Waals surface area contributed by atoms with Crippen molar-refractivity contribution in [2.75, 3.05) is 0 Å². The Morgan fingerprint density at radius 3 is 1.26 bits per heavy atom. The number of aromatic nitrogens is 7. The molecule has 12 aromatic rings. The molecule has 7 heteroatoms. The van der Waals surface area contributed by atoms with Gasteiger partial charge >= 0.3 is 0 Å². The summed E-state index contributed by atoms with van der Waals surface area (Å²) in [6, 6.07) is 69.3. The summed E-state index contributed by atoms with van der Waals surface area (Å²) in [5, 5.41) is 2.07. The molecule has 0 saturated carbocycles. The lowest BCUT2D eigenvalue weighted by atomic mass is 10.0. The van der Waals surface area contributed by atoms with Crippen LogP contribution >= 0.6 is 0 Å². The van der Waals surface area contributed by atoms with Crippen molar-refractivity contribution in [3.05, 3.63) is 213 Å². The molecule has 0 radical (unpaired) electrons. The Kier molecular flexibility index (Phi) is 8.35. The lowest BCUT2D eigenvalue weighted by molar-refractivity contribution is 0.994. The maximum atomic E-state index is 5.30. The van der Waals surface area contributed by atoms with Gasteiger partial charge in [-0.25, -0.2) is 15.0 Å². The third-order valence-electron chi connectivity index (χ3n) is 11.6. The highest BCUT2D eigenvalue weighted by Gasteiger charge is 2.20. The summed E-state index contributed by atoms with van der Waals surface area (Å²) in [5.74, 6) is 1.42. The third kappa shape index (κ3) is 6.02. The molecule has 0 aliphatic carbocycles. The topological polar surface area (TPSA) is 74.3 Å². The molecule has 0 atom stereocenters. The van der Waals surface area contributed by atoms with E-state index in [2.05, 4.69) is 149 Å². The molecule has 62 heavy (non-hydrogen) atoms. The Morgan fingerprint density at radius 2 is 0.742 bits per heavy atom. The van der Waals surface area contributed by atoms with Crippen LogP contribution in [0.1, 0.15) is 0 Å². The van der Waals surface area contributed by atoms with Gasteiger partial charge in [-0.15, -0.1) is 0 Å². The number of pyridine rings is 3. The van der Waals surface area contributed by atoms with Crippen LogP contribution in [0.25, 0.3) is 112 Å². The van der Waals surface area contributed by atoms with E-state index in [9.17, 15) is 0 Å². The van der Waals surface area contributed by atoms with E-state index in [1.807, 2.05) is 73.1 Å². The van der Waals surface area contributed by atoms with Crippen LogP contribution in [0.15, 0.2) is 213 Å². The van der Waals surface area contributed by atoms with Gasteiger partial charge in [0.25, 0.3) is 0 Å².